The Morgan fingerprint density at radius 3 is 2.65 bits per heavy atom. The lowest BCUT2D eigenvalue weighted by Crippen LogP contribution is -2.37. The Bertz CT molecular complexity index is 534. The maximum absolute atomic E-state index is 11.5. The first-order valence-corrected chi connectivity index (χ1v) is 5.00. The Morgan fingerprint density at radius 2 is 2.12 bits per heavy atom. The lowest BCUT2D eigenvalue weighted by molar-refractivity contribution is -0.0296. The van der Waals surface area contributed by atoms with E-state index in [4.69, 9.17) is 4.74 Å². The third-order valence-electron chi connectivity index (χ3n) is 2.63. The van der Waals surface area contributed by atoms with Crippen molar-refractivity contribution < 1.29 is 14.9 Å². The molecule has 1 aliphatic rings. The average molecular weight is 240 g/mol. The molecular weight excluding hydrogens is 228 g/mol. The molecule has 7 heteroatoms. The molecule has 0 bridgehead atoms. The van der Waals surface area contributed by atoms with Gasteiger partial charge >= 0.3 is 5.69 Å². The van der Waals surface area contributed by atoms with E-state index in [9.17, 15) is 19.8 Å². The monoisotopic (exact) mass is 240 g/mol. The molecule has 0 radical (unpaired) electrons. The van der Waals surface area contributed by atoms with E-state index in [1.165, 1.54) is 12.3 Å². The van der Waals surface area contributed by atoms with E-state index in [0.717, 1.165) is 10.6 Å². The fourth-order valence-electron chi connectivity index (χ4n) is 1.74. The highest BCUT2D eigenvalue weighted by atomic mass is 16.6. The Labute approximate surface area is 95.6 Å². The Hall–Kier alpha value is -1.70. The third kappa shape index (κ3) is 1.95. The maximum atomic E-state index is 11.5. The number of aliphatic hydroxyl groups excluding tert-OH is 2. The van der Waals surface area contributed by atoms with Gasteiger partial charge in [-0.05, 0) is 0 Å². The highest BCUT2D eigenvalue weighted by molar-refractivity contribution is 4.99. The molecule has 0 unspecified atom stereocenters. The zero-order valence-corrected chi connectivity index (χ0v) is 8.81. The van der Waals surface area contributed by atoms with Gasteiger partial charge in [-0.3, -0.25) is 14.3 Å². The van der Waals surface area contributed by atoms with Crippen molar-refractivity contribution in [3.63, 3.8) is 0 Å². The molecule has 0 amide bonds. The van der Waals surface area contributed by atoms with E-state index in [1.54, 1.807) is 0 Å². The van der Waals surface area contributed by atoms with E-state index in [-0.39, 0.29) is 0 Å². The summed E-state index contributed by atoms with van der Waals surface area (Å²) in [7, 11) is 0. The fraction of sp³-hybridized carbons (Fsp3) is 0.400. The summed E-state index contributed by atoms with van der Waals surface area (Å²) in [5.41, 5.74) is -1.25. The van der Waals surface area contributed by atoms with Crippen LogP contribution in [0.4, 0.5) is 0 Å². The SMILES string of the molecule is C=C[C@H]1O[C@@H](n2ccc(=O)[nH]c2=O)[C@H](O)[C@@H]1O. The summed E-state index contributed by atoms with van der Waals surface area (Å²) >= 11 is 0. The second-order valence-corrected chi connectivity index (χ2v) is 3.73. The lowest BCUT2D eigenvalue weighted by Gasteiger charge is -2.16. The highest BCUT2D eigenvalue weighted by Gasteiger charge is 2.42. The van der Waals surface area contributed by atoms with Crippen LogP contribution in [0.1, 0.15) is 6.23 Å². The topological polar surface area (TPSA) is 105 Å². The summed E-state index contributed by atoms with van der Waals surface area (Å²) in [5.74, 6) is 0. The molecule has 1 aromatic heterocycles. The van der Waals surface area contributed by atoms with Crippen LogP contribution in [0.25, 0.3) is 0 Å². The number of ether oxygens (including phenoxy) is 1. The van der Waals surface area contributed by atoms with Gasteiger partial charge in [-0.2, -0.15) is 0 Å². The Balaban J connectivity index is 2.38. The predicted molar refractivity (Wildman–Crippen MR) is 57.4 cm³/mol. The molecule has 4 atom stereocenters. The van der Waals surface area contributed by atoms with Gasteiger partial charge in [0, 0.05) is 12.3 Å². The minimum absolute atomic E-state index is 0.542. The second-order valence-electron chi connectivity index (χ2n) is 3.73. The minimum atomic E-state index is -1.26. The maximum Gasteiger partial charge on any atom is 0.330 e. The molecule has 0 aliphatic carbocycles. The van der Waals surface area contributed by atoms with Crippen LogP contribution in [0, 0.1) is 0 Å². The van der Waals surface area contributed by atoms with Crippen LogP contribution in [0.2, 0.25) is 0 Å². The minimum Gasteiger partial charge on any atom is -0.387 e. The van der Waals surface area contributed by atoms with Crippen LogP contribution >= 0.6 is 0 Å². The first-order valence-electron chi connectivity index (χ1n) is 5.00. The van der Waals surface area contributed by atoms with Crippen LogP contribution in [0.5, 0.6) is 0 Å². The van der Waals surface area contributed by atoms with Gasteiger partial charge < -0.3 is 14.9 Å². The number of hydrogen-bond acceptors (Lipinski definition) is 5. The molecule has 7 nitrogen and oxygen atoms in total. The summed E-state index contributed by atoms with van der Waals surface area (Å²) in [6.07, 6.45) is -1.68. The van der Waals surface area contributed by atoms with Crippen molar-refractivity contribution in [2.45, 2.75) is 24.5 Å². The van der Waals surface area contributed by atoms with Gasteiger partial charge in [-0.25, -0.2) is 4.79 Å². The standard InChI is InChI=1S/C10H12N2O5/c1-2-5-7(14)8(15)9(17-5)12-4-3-6(13)11-10(12)16/h2-5,7-9,14-15H,1H2,(H,11,13,16)/t5-,7-,8-,9-/m1/s1. The molecule has 1 saturated heterocycles. The number of hydrogen-bond donors (Lipinski definition) is 3. The Kier molecular flexibility index (Phi) is 2.97. The van der Waals surface area contributed by atoms with Crippen LogP contribution in [-0.4, -0.2) is 38.1 Å². The van der Waals surface area contributed by atoms with Crippen molar-refractivity contribution in [3.05, 3.63) is 45.8 Å². The van der Waals surface area contributed by atoms with E-state index in [1.807, 2.05) is 4.98 Å². The molecule has 3 N–H and O–H groups in total. The van der Waals surface area contributed by atoms with Crippen molar-refractivity contribution in [2.75, 3.05) is 0 Å². The van der Waals surface area contributed by atoms with Gasteiger partial charge in [0.2, 0.25) is 0 Å². The second kappa shape index (κ2) is 4.28. The molecule has 0 spiro atoms. The van der Waals surface area contributed by atoms with E-state index in [0.29, 0.717) is 0 Å². The number of H-pyrrole nitrogens is 1. The largest absolute Gasteiger partial charge is 0.387 e. The number of aliphatic hydroxyl groups is 2. The quantitative estimate of drug-likeness (QED) is 0.537. The molecule has 92 valence electrons. The van der Waals surface area contributed by atoms with Gasteiger partial charge in [0.25, 0.3) is 5.56 Å². The molecule has 2 rings (SSSR count). The summed E-state index contributed by atoms with van der Waals surface area (Å²) in [6, 6.07) is 1.13. The summed E-state index contributed by atoms with van der Waals surface area (Å²) in [4.78, 5) is 24.4. The number of aromatic nitrogens is 2. The lowest BCUT2D eigenvalue weighted by atomic mass is 10.1. The molecule has 0 aromatic carbocycles. The first-order chi connectivity index (χ1) is 8.04. The zero-order valence-electron chi connectivity index (χ0n) is 8.81. The van der Waals surface area contributed by atoms with Gasteiger partial charge in [-0.1, -0.05) is 6.08 Å². The molecule has 17 heavy (non-hydrogen) atoms. The fourth-order valence-corrected chi connectivity index (χ4v) is 1.74. The van der Waals surface area contributed by atoms with Crippen LogP contribution < -0.4 is 11.2 Å². The van der Waals surface area contributed by atoms with E-state index < -0.39 is 35.8 Å². The van der Waals surface area contributed by atoms with Crippen molar-refractivity contribution in [2.24, 2.45) is 0 Å². The summed E-state index contributed by atoms with van der Waals surface area (Å²) in [6.45, 7) is 3.45. The van der Waals surface area contributed by atoms with Gasteiger partial charge in [0.15, 0.2) is 6.23 Å². The van der Waals surface area contributed by atoms with Gasteiger partial charge in [0.1, 0.15) is 18.3 Å². The van der Waals surface area contributed by atoms with Gasteiger partial charge in [-0.15, -0.1) is 6.58 Å². The Morgan fingerprint density at radius 1 is 1.41 bits per heavy atom. The van der Waals surface area contributed by atoms with Crippen molar-refractivity contribution in [1.29, 1.82) is 0 Å². The number of aromatic amines is 1. The van der Waals surface area contributed by atoms with E-state index >= 15 is 0 Å². The number of nitrogens with one attached hydrogen (secondary N) is 1. The molecule has 0 saturated carbocycles. The molecule has 1 fully saturated rings. The highest BCUT2D eigenvalue weighted by Crippen LogP contribution is 2.28. The van der Waals surface area contributed by atoms with Crippen molar-refractivity contribution >= 4 is 0 Å². The summed E-state index contributed by atoms with van der Waals surface area (Å²) < 4.78 is 6.28. The van der Waals surface area contributed by atoms with E-state index in [2.05, 4.69) is 6.58 Å². The van der Waals surface area contributed by atoms with Crippen LogP contribution in [0.3, 0.4) is 0 Å². The number of rotatable bonds is 2. The third-order valence-corrected chi connectivity index (χ3v) is 2.63. The van der Waals surface area contributed by atoms with Crippen molar-refractivity contribution in [1.82, 2.24) is 9.55 Å². The average Bonchev–Trinajstić information content (AvgIpc) is 2.57. The predicted octanol–water partition coefficient (Wildman–Crippen LogP) is -1.66. The molecular formula is C10H12N2O5. The van der Waals surface area contributed by atoms with Gasteiger partial charge in [0.05, 0.1) is 0 Å². The number of nitrogens with zero attached hydrogens (tertiary/aromatic N) is 1. The molecule has 1 aromatic rings. The van der Waals surface area contributed by atoms with Crippen LogP contribution in [-0.2, 0) is 4.74 Å². The smallest absolute Gasteiger partial charge is 0.330 e. The molecule has 2 heterocycles. The van der Waals surface area contributed by atoms with Crippen LogP contribution in [0.15, 0.2) is 34.5 Å². The zero-order chi connectivity index (χ0) is 12.6. The summed E-state index contributed by atoms with van der Waals surface area (Å²) in [5, 5.41) is 19.3. The normalized spacial score (nSPS) is 32.6. The first kappa shape index (κ1) is 11.8. The molecule has 1 aliphatic heterocycles. The van der Waals surface area contributed by atoms with Crippen molar-refractivity contribution in [3.8, 4) is 0 Å².